The fourth-order valence-corrected chi connectivity index (χ4v) is 3.93. The number of nitrogens with zero attached hydrogens (tertiary/aromatic N) is 2. The summed E-state index contributed by atoms with van der Waals surface area (Å²) in [7, 11) is 1.72. The van der Waals surface area contributed by atoms with Crippen LogP contribution in [-0.4, -0.2) is 30.1 Å². The molecule has 0 aliphatic heterocycles. The van der Waals surface area contributed by atoms with Crippen molar-refractivity contribution < 1.29 is 4.39 Å². The summed E-state index contributed by atoms with van der Waals surface area (Å²) in [5, 5.41) is 16.1. The van der Waals surface area contributed by atoms with Crippen molar-refractivity contribution in [2.45, 2.75) is 44.0 Å². The van der Waals surface area contributed by atoms with E-state index in [0.29, 0.717) is 29.7 Å². The van der Waals surface area contributed by atoms with Gasteiger partial charge in [0.15, 0.2) is 5.96 Å². The Balaban J connectivity index is 1.85. The van der Waals surface area contributed by atoms with E-state index in [4.69, 9.17) is 5.26 Å². The van der Waals surface area contributed by atoms with Gasteiger partial charge in [-0.3, -0.25) is 4.99 Å². The number of nitrogens with one attached hydrogen (secondary N) is 2. The van der Waals surface area contributed by atoms with E-state index < -0.39 is 0 Å². The quantitative estimate of drug-likeness (QED) is 0.642. The van der Waals surface area contributed by atoms with Crippen LogP contribution in [0.25, 0.3) is 0 Å². The minimum absolute atomic E-state index is 0.333. The number of aliphatic imine (C=N–C) groups is 1. The molecule has 2 atom stereocenters. The van der Waals surface area contributed by atoms with Crippen LogP contribution in [0.2, 0.25) is 0 Å². The van der Waals surface area contributed by atoms with Crippen molar-refractivity contribution in [1.82, 2.24) is 10.6 Å². The SMILES string of the molecule is CCSC1CCC(NC(=NC)NCc2ccc(C#N)cc2F)C1. The summed E-state index contributed by atoms with van der Waals surface area (Å²) in [6, 6.07) is 6.88. The molecule has 124 valence electrons. The third-order valence-corrected chi connectivity index (χ3v) is 5.21. The van der Waals surface area contributed by atoms with E-state index in [1.807, 2.05) is 17.8 Å². The van der Waals surface area contributed by atoms with Crippen LogP contribution in [0, 0.1) is 17.1 Å². The molecule has 4 nitrogen and oxygen atoms in total. The van der Waals surface area contributed by atoms with Crippen molar-refractivity contribution >= 4 is 17.7 Å². The molecule has 23 heavy (non-hydrogen) atoms. The number of hydrogen-bond donors (Lipinski definition) is 2. The van der Waals surface area contributed by atoms with E-state index in [1.165, 1.54) is 12.5 Å². The largest absolute Gasteiger partial charge is 0.354 e. The van der Waals surface area contributed by atoms with Gasteiger partial charge in [0, 0.05) is 30.4 Å². The summed E-state index contributed by atoms with van der Waals surface area (Å²) in [4.78, 5) is 4.21. The summed E-state index contributed by atoms with van der Waals surface area (Å²) in [5.74, 6) is 1.48. The van der Waals surface area contributed by atoms with Crippen LogP contribution in [0.4, 0.5) is 4.39 Å². The van der Waals surface area contributed by atoms with Gasteiger partial charge in [0.2, 0.25) is 0 Å². The molecular weight excluding hydrogens is 311 g/mol. The molecular formula is C17H23FN4S. The lowest BCUT2D eigenvalue weighted by Gasteiger charge is -2.17. The van der Waals surface area contributed by atoms with Gasteiger partial charge in [-0.05, 0) is 37.1 Å². The summed E-state index contributed by atoms with van der Waals surface area (Å²) in [6.45, 7) is 2.54. The Morgan fingerprint density at radius 1 is 1.48 bits per heavy atom. The van der Waals surface area contributed by atoms with Gasteiger partial charge in [-0.15, -0.1) is 0 Å². The number of thioether (sulfide) groups is 1. The molecule has 2 N–H and O–H groups in total. The lowest BCUT2D eigenvalue weighted by Crippen LogP contribution is -2.42. The molecule has 1 aliphatic rings. The van der Waals surface area contributed by atoms with E-state index in [-0.39, 0.29) is 5.82 Å². The molecule has 0 amide bonds. The molecule has 0 radical (unpaired) electrons. The summed E-state index contributed by atoms with van der Waals surface area (Å²) < 4.78 is 13.9. The van der Waals surface area contributed by atoms with Crippen LogP contribution in [-0.2, 0) is 6.54 Å². The van der Waals surface area contributed by atoms with Crippen LogP contribution in [0.1, 0.15) is 37.3 Å². The third kappa shape index (κ3) is 5.14. The Morgan fingerprint density at radius 2 is 2.30 bits per heavy atom. The maximum absolute atomic E-state index is 13.9. The zero-order valence-electron chi connectivity index (χ0n) is 13.6. The molecule has 2 unspecified atom stereocenters. The van der Waals surface area contributed by atoms with Crippen molar-refractivity contribution in [2.75, 3.05) is 12.8 Å². The van der Waals surface area contributed by atoms with E-state index >= 15 is 0 Å². The Hall–Kier alpha value is -1.74. The second-order valence-corrected chi connectivity index (χ2v) is 7.15. The van der Waals surface area contributed by atoms with Crippen LogP contribution in [0.5, 0.6) is 0 Å². The van der Waals surface area contributed by atoms with Crippen LogP contribution in [0.3, 0.4) is 0 Å². The van der Waals surface area contributed by atoms with Crippen LogP contribution in [0.15, 0.2) is 23.2 Å². The minimum Gasteiger partial charge on any atom is -0.354 e. The van der Waals surface area contributed by atoms with Crippen LogP contribution < -0.4 is 10.6 Å². The molecule has 1 aromatic carbocycles. The highest BCUT2D eigenvalue weighted by Crippen LogP contribution is 2.29. The highest BCUT2D eigenvalue weighted by atomic mass is 32.2. The van der Waals surface area contributed by atoms with Crippen molar-refractivity contribution in [3.8, 4) is 6.07 Å². The number of guanidine groups is 1. The fraction of sp³-hybridized carbons (Fsp3) is 0.529. The smallest absolute Gasteiger partial charge is 0.191 e. The van der Waals surface area contributed by atoms with Gasteiger partial charge in [0.25, 0.3) is 0 Å². The zero-order valence-corrected chi connectivity index (χ0v) is 14.4. The first-order chi connectivity index (χ1) is 11.2. The predicted molar refractivity (Wildman–Crippen MR) is 94.0 cm³/mol. The molecule has 1 saturated carbocycles. The van der Waals surface area contributed by atoms with Gasteiger partial charge >= 0.3 is 0 Å². The normalized spacial score (nSPS) is 21.0. The summed E-state index contributed by atoms with van der Waals surface area (Å²) in [5.41, 5.74) is 0.858. The van der Waals surface area contributed by atoms with Crippen LogP contribution >= 0.6 is 11.8 Å². The summed E-state index contributed by atoms with van der Waals surface area (Å²) >= 11 is 2.02. The molecule has 0 spiro atoms. The van der Waals surface area contributed by atoms with Gasteiger partial charge < -0.3 is 10.6 Å². The first kappa shape index (κ1) is 17.6. The monoisotopic (exact) mass is 334 g/mol. The van der Waals surface area contributed by atoms with Gasteiger partial charge in [0.1, 0.15) is 5.82 Å². The van der Waals surface area contributed by atoms with Crippen molar-refractivity contribution in [2.24, 2.45) is 4.99 Å². The number of benzene rings is 1. The van der Waals surface area contributed by atoms with E-state index in [0.717, 1.165) is 23.8 Å². The maximum Gasteiger partial charge on any atom is 0.191 e. The van der Waals surface area contributed by atoms with Gasteiger partial charge in [-0.1, -0.05) is 13.0 Å². The van der Waals surface area contributed by atoms with E-state index in [1.54, 1.807) is 19.2 Å². The second-order valence-electron chi connectivity index (χ2n) is 5.58. The summed E-state index contributed by atoms with van der Waals surface area (Å²) in [6.07, 6.45) is 3.52. The maximum atomic E-state index is 13.9. The highest BCUT2D eigenvalue weighted by molar-refractivity contribution is 7.99. The van der Waals surface area contributed by atoms with Crippen molar-refractivity contribution in [3.63, 3.8) is 0 Å². The Labute approximate surface area is 141 Å². The van der Waals surface area contributed by atoms with Gasteiger partial charge in [-0.25, -0.2) is 4.39 Å². The average Bonchev–Trinajstić information content (AvgIpc) is 2.99. The Bertz CT molecular complexity index is 597. The van der Waals surface area contributed by atoms with Gasteiger partial charge in [-0.2, -0.15) is 17.0 Å². The standard InChI is InChI=1S/C17H23FN4S/c1-3-23-15-7-6-14(9-15)22-17(20-2)21-11-13-5-4-12(10-19)8-16(13)18/h4-5,8,14-15H,3,6-7,9,11H2,1-2H3,(H2,20,21,22). The first-order valence-corrected chi connectivity index (χ1v) is 8.98. The van der Waals surface area contributed by atoms with Crippen molar-refractivity contribution in [1.29, 1.82) is 5.26 Å². The highest BCUT2D eigenvalue weighted by Gasteiger charge is 2.25. The number of nitriles is 1. The topological polar surface area (TPSA) is 60.2 Å². The fourth-order valence-electron chi connectivity index (χ4n) is 2.79. The zero-order chi connectivity index (χ0) is 16.7. The van der Waals surface area contributed by atoms with Crippen molar-refractivity contribution in [3.05, 3.63) is 35.1 Å². The van der Waals surface area contributed by atoms with E-state index in [9.17, 15) is 4.39 Å². The molecule has 1 fully saturated rings. The number of hydrogen-bond acceptors (Lipinski definition) is 3. The molecule has 1 aliphatic carbocycles. The van der Waals surface area contributed by atoms with E-state index in [2.05, 4.69) is 22.5 Å². The predicted octanol–water partition coefficient (Wildman–Crippen LogP) is 3.04. The molecule has 6 heteroatoms. The number of halogens is 1. The Morgan fingerprint density at radius 3 is 2.96 bits per heavy atom. The Kier molecular flexibility index (Phi) is 6.72. The molecule has 2 rings (SSSR count). The molecule has 0 aromatic heterocycles. The molecule has 0 bridgehead atoms. The third-order valence-electron chi connectivity index (χ3n) is 3.98. The molecule has 0 heterocycles. The second kappa shape index (κ2) is 8.78. The van der Waals surface area contributed by atoms with Gasteiger partial charge in [0.05, 0.1) is 11.6 Å². The lowest BCUT2D eigenvalue weighted by atomic mass is 10.1. The minimum atomic E-state index is -0.368. The lowest BCUT2D eigenvalue weighted by molar-refractivity contribution is 0.594. The first-order valence-electron chi connectivity index (χ1n) is 7.93. The molecule has 1 aromatic rings. The number of rotatable bonds is 5. The molecule has 0 saturated heterocycles. The average molecular weight is 334 g/mol.